The number of ether oxygens (including phenoxy) is 1. The molecular formula is C23H22FN7O. The molecule has 1 unspecified atom stereocenters. The number of aliphatic imine (C=N–C) groups is 1. The van der Waals surface area contributed by atoms with Crippen LogP contribution in [0.3, 0.4) is 0 Å². The smallest absolute Gasteiger partial charge is 0.166 e. The summed E-state index contributed by atoms with van der Waals surface area (Å²) in [6.45, 7) is 1.57. The van der Waals surface area contributed by atoms with Gasteiger partial charge in [-0.05, 0) is 30.5 Å². The van der Waals surface area contributed by atoms with E-state index in [1.54, 1.807) is 12.4 Å². The molecule has 3 N–H and O–H groups in total. The number of fused-ring (bicyclic) bond motifs is 2. The fourth-order valence-corrected chi connectivity index (χ4v) is 4.55. The average Bonchev–Trinajstić information content (AvgIpc) is 3.36. The van der Waals surface area contributed by atoms with Crippen molar-refractivity contribution < 1.29 is 9.13 Å². The molecule has 1 saturated heterocycles. The predicted molar refractivity (Wildman–Crippen MR) is 120 cm³/mol. The van der Waals surface area contributed by atoms with Crippen LogP contribution in [0.1, 0.15) is 23.9 Å². The van der Waals surface area contributed by atoms with Crippen LogP contribution in [0.5, 0.6) is 0 Å². The van der Waals surface area contributed by atoms with E-state index >= 15 is 0 Å². The maximum absolute atomic E-state index is 14.5. The zero-order chi connectivity index (χ0) is 21.7. The molecule has 1 atom stereocenters. The molecule has 6 rings (SSSR count). The number of nitrogens with two attached hydrogens (primary N) is 1. The second kappa shape index (κ2) is 7.23. The Bertz CT molecular complexity index is 1380. The van der Waals surface area contributed by atoms with Crippen molar-refractivity contribution in [1.82, 2.24) is 24.5 Å². The first-order valence-corrected chi connectivity index (χ1v) is 10.6. The van der Waals surface area contributed by atoms with Gasteiger partial charge in [0.15, 0.2) is 11.5 Å². The van der Waals surface area contributed by atoms with Crippen LogP contribution >= 0.6 is 0 Å². The third-order valence-electron chi connectivity index (χ3n) is 6.43. The van der Waals surface area contributed by atoms with E-state index in [1.165, 1.54) is 6.21 Å². The van der Waals surface area contributed by atoms with Crippen LogP contribution in [0.25, 0.3) is 22.1 Å². The number of aromatic nitrogens is 5. The summed E-state index contributed by atoms with van der Waals surface area (Å²) in [4.78, 5) is 21.4. The predicted octanol–water partition coefficient (Wildman–Crippen LogP) is 3.27. The van der Waals surface area contributed by atoms with Crippen molar-refractivity contribution in [3.63, 3.8) is 0 Å². The fraction of sp³-hybridized carbons (Fsp3) is 0.304. The van der Waals surface area contributed by atoms with Crippen LogP contribution in [0.2, 0.25) is 0 Å². The summed E-state index contributed by atoms with van der Waals surface area (Å²) in [6.07, 6.45) is 7.87. The Morgan fingerprint density at radius 1 is 1.25 bits per heavy atom. The first-order chi connectivity index (χ1) is 15.6. The van der Waals surface area contributed by atoms with Gasteiger partial charge in [-0.25, -0.2) is 19.3 Å². The molecule has 2 aliphatic rings. The second-order valence-electron chi connectivity index (χ2n) is 8.46. The minimum Gasteiger partial charge on any atom is -0.382 e. The van der Waals surface area contributed by atoms with Crippen molar-refractivity contribution in [3.8, 4) is 0 Å². The van der Waals surface area contributed by atoms with E-state index in [-0.39, 0.29) is 6.04 Å². The zero-order valence-electron chi connectivity index (χ0n) is 17.3. The molecule has 0 aliphatic carbocycles. The van der Waals surface area contributed by atoms with Gasteiger partial charge in [0.05, 0.1) is 43.8 Å². The summed E-state index contributed by atoms with van der Waals surface area (Å²) in [5.74, 6) is 0.369. The van der Waals surface area contributed by atoms with E-state index in [4.69, 9.17) is 15.5 Å². The maximum atomic E-state index is 14.5. The molecule has 0 amide bonds. The molecule has 162 valence electrons. The molecule has 3 aromatic heterocycles. The third kappa shape index (κ3) is 3.00. The van der Waals surface area contributed by atoms with Crippen molar-refractivity contribution in [3.05, 3.63) is 60.1 Å². The van der Waals surface area contributed by atoms with Gasteiger partial charge in [0, 0.05) is 17.1 Å². The topological polar surface area (TPSA) is 107 Å². The highest BCUT2D eigenvalue weighted by atomic mass is 19.1. The number of rotatable bonds is 5. The van der Waals surface area contributed by atoms with Gasteiger partial charge in [0.2, 0.25) is 0 Å². The quantitative estimate of drug-likeness (QED) is 0.504. The number of imidazole rings is 1. The SMILES string of the molecule is Nc1nc(C2(CCc3c[nH]c4ccccc34)C=C(F)C=NC2)nc2c1ncn2C1COC1. The van der Waals surface area contributed by atoms with E-state index in [0.29, 0.717) is 55.4 Å². The van der Waals surface area contributed by atoms with Gasteiger partial charge < -0.3 is 20.0 Å². The van der Waals surface area contributed by atoms with E-state index in [0.717, 1.165) is 16.5 Å². The number of nitrogen functional groups attached to an aromatic ring is 1. The molecule has 0 bridgehead atoms. The number of aryl methyl sites for hydroxylation is 1. The van der Waals surface area contributed by atoms with Crippen molar-refractivity contribution >= 4 is 34.1 Å². The Kier molecular flexibility index (Phi) is 4.32. The van der Waals surface area contributed by atoms with Crippen LogP contribution in [0, 0.1) is 0 Å². The number of halogens is 1. The standard InChI is InChI=1S/C23H22FN7O/c24-15-7-23(12-26-9-15,6-5-14-8-27-18-4-2-1-3-17(14)18)22-29-20(25)19-21(30-22)31(13-28-19)16-10-32-11-16/h1-4,7-9,13,16,27H,5-6,10-12H2,(H2,25,29,30). The van der Waals surface area contributed by atoms with E-state index in [1.807, 2.05) is 29.0 Å². The lowest BCUT2D eigenvalue weighted by atomic mass is 9.79. The lowest BCUT2D eigenvalue weighted by Gasteiger charge is -2.30. The van der Waals surface area contributed by atoms with Gasteiger partial charge in [0.1, 0.15) is 17.2 Å². The molecule has 0 radical (unpaired) electrons. The van der Waals surface area contributed by atoms with Crippen molar-refractivity contribution in [2.45, 2.75) is 24.3 Å². The summed E-state index contributed by atoms with van der Waals surface area (Å²) in [5.41, 5.74) is 8.92. The molecule has 5 heterocycles. The number of dihydropyridines is 1. The molecule has 2 aliphatic heterocycles. The minimum absolute atomic E-state index is 0.168. The summed E-state index contributed by atoms with van der Waals surface area (Å²) < 4.78 is 21.8. The van der Waals surface area contributed by atoms with Gasteiger partial charge in [-0.1, -0.05) is 18.2 Å². The number of para-hydroxylation sites is 1. The largest absolute Gasteiger partial charge is 0.382 e. The van der Waals surface area contributed by atoms with Crippen LogP contribution in [-0.2, 0) is 16.6 Å². The molecule has 32 heavy (non-hydrogen) atoms. The molecular weight excluding hydrogens is 409 g/mol. The van der Waals surface area contributed by atoms with Crippen molar-refractivity contribution in [1.29, 1.82) is 0 Å². The van der Waals surface area contributed by atoms with Gasteiger partial charge >= 0.3 is 0 Å². The van der Waals surface area contributed by atoms with Crippen LogP contribution in [0.4, 0.5) is 10.2 Å². The average molecular weight is 431 g/mol. The minimum atomic E-state index is -0.801. The first kappa shape index (κ1) is 19.1. The highest BCUT2D eigenvalue weighted by Crippen LogP contribution is 2.36. The maximum Gasteiger partial charge on any atom is 0.166 e. The Labute approximate surface area is 183 Å². The summed E-state index contributed by atoms with van der Waals surface area (Å²) in [5, 5.41) is 1.16. The normalized spacial score (nSPS) is 21.2. The number of aromatic amines is 1. The van der Waals surface area contributed by atoms with Gasteiger partial charge in [-0.2, -0.15) is 0 Å². The molecule has 1 fully saturated rings. The molecule has 8 nitrogen and oxygen atoms in total. The van der Waals surface area contributed by atoms with Crippen LogP contribution < -0.4 is 5.73 Å². The number of anilines is 1. The lowest BCUT2D eigenvalue weighted by molar-refractivity contribution is -0.0218. The monoisotopic (exact) mass is 431 g/mol. The fourth-order valence-electron chi connectivity index (χ4n) is 4.55. The number of nitrogens with one attached hydrogen (secondary N) is 1. The van der Waals surface area contributed by atoms with Gasteiger partial charge in [-0.15, -0.1) is 0 Å². The number of hydrogen-bond donors (Lipinski definition) is 2. The van der Waals surface area contributed by atoms with E-state index in [9.17, 15) is 4.39 Å². The lowest BCUT2D eigenvalue weighted by Crippen LogP contribution is -2.34. The highest BCUT2D eigenvalue weighted by Gasteiger charge is 2.37. The van der Waals surface area contributed by atoms with E-state index in [2.05, 4.69) is 26.0 Å². The van der Waals surface area contributed by atoms with Gasteiger partial charge in [-0.3, -0.25) is 4.99 Å². The summed E-state index contributed by atoms with van der Waals surface area (Å²) >= 11 is 0. The van der Waals surface area contributed by atoms with Crippen LogP contribution in [0.15, 0.2) is 53.7 Å². The number of hydrogen-bond acceptors (Lipinski definition) is 6. The number of nitrogens with zero attached hydrogens (tertiary/aromatic N) is 5. The van der Waals surface area contributed by atoms with Gasteiger partial charge in [0.25, 0.3) is 0 Å². The molecule has 0 saturated carbocycles. The highest BCUT2D eigenvalue weighted by molar-refractivity contribution is 5.84. The third-order valence-corrected chi connectivity index (χ3v) is 6.43. The molecule has 4 aromatic rings. The summed E-state index contributed by atoms with van der Waals surface area (Å²) in [6, 6.07) is 8.31. The Hall–Kier alpha value is -3.59. The van der Waals surface area contributed by atoms with Crippen LogP contribution in [-0.4, -0.2) is 50.5 Å². The van der Waals surface area contributed by atoms with Crippen molar-refractivity contribution in [2.75, 3.05) is 25.5 Å². The number of benzene rings is 1. The Morgan fingerprint density at radius 3 is 2.94 bits per heavy atom. The Morgan fingerprint density at radius 2 is 2.12 bits per heavy atom. The molecule has 9 heteroatoms. The first-order valence-electron chi connectivity index (χ1n) is 10.6. The number of H-pyrrole nitrogens is 1. The number of allylic oxidation sites excluding steroid dienone is 1. The molecule has 1 aromatic carbocycles. The Balaban J connectivity index is 1.43. The second-order valence-corrected chi connectivity index (χ2v) is 8.46. The zero-order valence-corrected chi connectivity index (χ0v) is 17.3. The van der Waals surface area contributed by atoms with E-state index < -0.39 is 11.2 Å². The summed E-state index contributed by atoms with van der Waals surface area (Å²) in [7, 11) is 0. The molecule has 0 spiro atoms. The van der Waals surface area contributed by atoms with Crippen molar-refractivity contribution in [2.24, 2.45) is 4.99 Å².